The second-order valence-electron chi connectivity index (χ2n) is 6.64. The molecule has 1 aromatic rings. The molecule has 2 fully saturated rings. The van der Waals surface area contributed by atoms with E-state index in [-0.39, 0.29) is 16.9 Å². The van der Waals surface area contributed by atoms with Crippen molar-refractivity contribution in [2.75, 3.05) is 18.5 Å². The Hall–Kier alpha value is -1.46. The largest absolute Gasteiger partial charge is 0.357 e. The summed E-state index contributed by atoms with van der Waals surface area (Å²) in [5.41, 5.74) is 1.77. The number of fused-ring (bicyclic) bond motifs is 3. The quantitative estimate of drug-likeness (QED) is 0.900. The molecule has 3 heterocycles. The Morgan fingerprint density at radius 3 is 3.00 bits per heavy atom. The summed E-state index contributed by atoms with van der Waals surface area (Å²) in [6.07, 6.45) is 4.23. The van der Waals surface area contributed by atoms with Gasteiger partial charge in [-0.1, -0.05) is 30.0 Å². The Labute approximate surface area is 141 Å². The standard InChI is InChI=1S/C18H22N2O2S/c1-18-10-6-12-22-17(18)20-11-5-9-14(16(20)23-18)15(21)19-13-7-3-2-4-8-13/h2-4,7-8,17H,5-6,9-12H2,1H3,(H,19,21)/t17-,18+/m1/s1. The molecule has 3 aliphatic rings. The fourth-order valence-corrected chi connectivity index (χ4v) is 5.36. The molecule has 0 aromatic heterocycles. The van der Waals surface area contributed by atoms with Crippen LogP contribution in [0.4, 0.5) is 5.69 Å². The fraction of sp³-hybridized carbons (Fsp3) is 0.500. The molecule has 122 valence electrons. The van der Waals surface area contributed by atoms with Crippen LogP contribution in [0, 0.1) is 0 Å². The minimum atomic E-state index is 0.0330. The van der Waals surface area contributed by atoms with E-state index in [9.17, 15) is 4.79 Å². The first-order valence-electron chi connectivity index (χ1n) is 8.34. The van der Waals surface area contributed by atoms with Crippen molar-refractivity contribution < 1.29 is 9.53 Å². The molecule has 5 heteroatoms. The maximum Gasteiger partial charge on any atom is 0.254 e. The molecular weight excluding hydrogens is 308 g/mol. The van der Waals surface area contributed by atoms with Gasteiger partial charge in [0, 0.05) is 24.4 Å². The topological polar surface area (TPSA) is 41.6 Å². The van der Waals surface area contributed by atoms with E-state index < -0.39 is 0 Å². The summed E-state index contributed by atoms with van der Waals surface area (Å²) >= 11 is 1.85. The average molecular weight is 330 g/mol. The number of para-hydroxylation sites is 1. The summed E-state index contributed by atoms with van der Waals surface area (Å²) in [6.45, 7) is 4.10. The van der Waals surface area contributed by atoms with Gasteiger partial charge in [-0.15, -0.1) is 0 Å². The van der Waals surface area contributed by atoms with Crippen LogP contribution in [0.25, 0.3) is 0 Å². The number of hydrogen-bond acceptors (Lipinski definition) is 4. The highest BCUT2D eigenvalue weighted by atomic mass is 32.2. The van der Waals surface area contributed by atoms with Crippen molar-refractivity contribution in [3.8, 4) is 0 Å². The van der Waals surface area contributed by atoms with Crippen LogP contribution in [0.5, 0.6) is 0 Å². The van der Waals surface area contributed by atoms with Gasteiger partial charge < -0.3 is 15.0 Å². The van der Waals surface area contributed by atoms with Crippen molar-refractivity contribution in [1.29, 1.82) is 0 Å². The van der Waals surface area contributed by atoms with Crippen molar-refractivity contribution in [2.24, 2.45) is 0 Å². The minimum Gasteiger partial charge on any atom is -0.357 e. The lowest BCUT2D eigenvalue weighted by molar-refractivity contribution is -0.113. The number of hydrogen-bond donors (Lipinski definition) is 1. The molecule has 2 atom stereocenters. The molecule has 1 amide bonds. The predicted molar refractivity (Wildman–Crippen MR) is 93.0 cm³/mol. The van der Waals surface area contributed by atoms with Crippen molar-refractivity contribution in [3.63, 3.8) is 0 Å². The fourth-order valence-electron chi connectivity index (χ4n) is 3.75. The number of thioether (sulfide) groups is 1. The zero-order valence-electron chi connectivity index (χ0n) is 13.4. The zero-order chi connectivity index (χ0) is 15.9. The highest BCUT2D eigenvalue weighted by molar-refractivity contribution is 8.04. The number of ether oxygens (including phenoxy) is 1. The van der Waals surface area contributed by atoms with Crippen LogP contribution in [-0.2, 0) is 9.53 Å². The molecule has 0 radical (unpaired) electrons. The van der Waals surface area contributed by atoms with E-state index in [1.54, 1.807) is 0 Å². The van der Waals surface area contributed by atoms with Gasteiger partial charge in [0.15, 0.2) is 0 Å². The first-order valence-corrected chi connectivity index (χ1v) is 9.16. The molecule has 0 spiro atoms. The Morgan fingerprint density at radius 1 is 1.35 bits per heavy atom. The van der Waals surface area contributed by atoms with Gasteiger partial charge in [0.05, 0.1) is 9.78 Å². The number of rotatable bonds is 2. The van der Waals surface area contributed by atoms with E-state index in [0.29, 0.717) is 0 Å². The molecule has 1 aromatic carbocycles. The number of carbonyl (C=O) groups is 1. The van der Waals surface area contributed by atoms with Crippen LogP contribution in [0.3, 0.4) is 0 Å². The first kappa shape index (κ1) is 15.1. The van der Waals surface area contributed by atoms with Gasteiger partial charge in [-0.3, -0.25) is 4.79 Å². The molecule has 2 saturated heterocycles. The second kappa shape index (κ2) is 5.87. The molecular formula is C18H22N2O2S. The Morgan fingerprint density at radius 2 is 2.17 bits per heavy atom. The summed E-state index contributed by atoms with van der Waals surface area (Å²) in [6, 6.07) is 9.68. The van der Waals surface area contributed by atoms with E-state index in [4.69, 9.17) is 4.74 Å². The van der Waals surface area contributed by atoms with Gasteiger partial charge in [0.1, 0.15) is 6.23 Å². The van der Waals surface area contributed by atoms with Crippen LogP contribution in [0.15, 0.2) is 40.9 Å². The number of anilines is 1. The molecule has 4 rings (SSSR count). The van der Waals surface area contributed by atoms with Crippen LogP contribution in [0.2, 0.25) is 0 Å². The molecule has 3 aliphatic heterocycles. The van der Waals surface area contributed by atoms with Crippen LogP contribution < -0.4 is 5.32 Å². The van der Waals surface area contributed by atoms with Gasteiger partial charge in [-0.05, 0) is 44.7 Å². The maximum absolute atomic E-state index is 12.8. The van der Waals surface area contributed by atoms with Gasteiger partial charge >= 0.3 is 0 Å². The van der Waals surface area contributed by atoms with Gasteiger partial charge in [0.2, 0.25) is 0 Å². The number of carbonyl (C=O) groups excluding carboxylic acids is 1. The maximum atomic E-state index is 12.8. The summed E-state index contributed by atoms with van der Waals surface area (Å²) < 4.78 is 6.14. The third-order valence-electron chi connectivity index (χ3n) is 4.88. The van der Waals surface area contributed by atoms with E-state index in [0.717, 1.165) is 55.1 Å². The second-order valence-corrected chi connectivity index (χ2v) is 8.17. The van der Waals surface area contributed by atoms with Crippen LogP contribution >= 0.6 is 11.8 Å². The molecule has 0 bridgehead atoms. The monoisotopic (exact) mass is 330 g/mol. The Bertz CT molecular complexity index is 646. The summed E-state index contributed by atoms with van der Waals surface area (Å²) in [4.78, 5) is 15.1. The third-order valence-corrected chi connectivity index (χ3v) is 6.43. The summed E-state index contributed by atoms with van der Waals surface area (Å²) in [7, 11) is 0. The third kappa shape index (κ3) is 2.66. The molecule has 23 heavy (non-hydrogen) atoms. The number of amides is 1. The molecule has 0 unspecified atom stereocenters. The van der Waals surface area contributed by atoms with Crippen molar-refractivity contribution in [1.82, 2.24) is 4.90 Å². The highest BCUT2D eigenvalue weighted by Gasteiger charge is 2.51. The summed E-state index contributed by atoms with van der Waals surface area (Å²) in [5.74, 6) is 0.0330. The first-order chi connectivity index (χ1) is 11.2. The lowest BCUT2D eigenvalue weighted by Crippen LogP contribution is -2.47. The van der Waals surface area contributed by atoms with E-state index >= 15 is 0 Å². The predicted octanol–water partition coefficient (Wildman–Crippen LogP) is 3.57. The van der Waals surface area contributed by atoms with Crippen molar-refractivity contribution >= 4 is 23.4 Å². The van der Waals surface area contributed by atoms with Gasteiger partial charge in [0.25, 0.3) is 5.91 Å². The number of benzene rings is 1. The average Bonchev–Trinajstić information content (AvgIpc) is 2.87. The lowest BCUT2D eigenvalue weighted by Gasteiger charge is -2.39. The Kier molecular flexibility index (Phi) is 3.85. The summed E-state index contributed by atoms with van der Waals surface area (Å²) in [5, 5.41) is 4.18. The van der Waals surface area contributed by atoms with Crippen molar-refractivity contribution in [3.05, 3.63) is 40.9 Å². The smallest absolute Gasteiger partial charge is 0.254 e. The SMILES string of the molecule is C[C@]12CCCO[C@H]1N1CCCC(C(=O)Nc3ccccc3)=C1S2. The van der Waals surface area contributed by atoms with E-state index in [1.807, 2.05) is 42.1 Å². The Balaban J connectivity index is 1.62. The van der Waals surface area contributed by atoms with E-state index in [1.165, 1.54) is 0 Å². The lowest BCUT2D eigenvalue weighted by atomic mass is 9.98. The highest BCUT2D eigenvalue weighted by Crippen LogP contribution is 2.54. The number of nitrogens with one attached hydrogen (secondary N) is 1. The zero-order valence-corrected chi connectivity index (χ0v) is 14.2. The molecule has 0 saturated carbocycles. The molecule has 4 nitrogen and oxygen atoms in total. The van der Waals surface area contributed by atoms with Crippen molar-refractivity contribution in [2.45, 2.75) is 43.6 Å². The van der Waals surface area contributed by atoms with Gasteiger partial charge in [-0.2, -0.15) is 0 Å². The molecule has 1 N–H and O–H groups in total. The minimum absolute atomic E-state index is 0.0330. The number of nitrogens with zero attached hydrogens (tertiary/aromatic N) is 1. The van der Waals surface area contributed by atoms with Crippen LogP contribution in [-0.4, -0.2) is 34.9 Å². The normalized spacial score (nSPS) is 30.0. The van der Waals surface area contributed by atoms with Gasteiger partial charge in [-0.25, -0.2) is 0 Å². The molecule has 0 aliphatic carbocycles. The van der Waals surface area contributed by atoms with Crippen LogP contribution in [0.1, 0.15) is 32.6 Å². The van der Waals surface area contributed by atoms with E-state index in [2.05, 4.69) is 17.1 Å².